The van der Waals surface area contributed by atoms with Crippen LogP contribution in [-0.2, 0) is 12.8 Å². The van der Waals surface area contributed by atoms with Gasteiger partial charge < -0.3 is 5.32 Å². The lowest BCUT2D eigenvalue weighted by Gasteiger charge is -2.09. The van der Waals surface area contributed by atoms with E-state index in [0.717, 1.165) is 31.2 Å². The lowest BCUT2D eigenvalue weighted by atomic mass is 9.96. The molecular weight excluding hydrogens is 260 g/mol. The lowest BCUT2D eigenvalue weighted by Crippen LogP contribution is -2.10. The highest BCUT2D eigenvalue weighted by Gasteiger charge is 2.22. The Morgan fingerprint density at radius 3 is 3.05 bits per heavy atom. The number of carbonyl (C=O) groups excluding carboxylic acids is 1. The molecule has 0 aromatic carbocycles. The van der Waals surface area contributed by atoms with E-state index in [-0.39, 0.29) is 5.91 Å². The van der Waals surface area contributed by atoms with Gasteiger partial charge in [0, 0.05) is 11.1 Å². The molecule has 2 aromatic heterocycles. The van der Waals surface area contributed by atoms with Gasteiger partial charge in [-0.2, -0.15) is 10.4 Å². The summed E-state index contributed by atoms with van der Waals surface area (Å²) in [6, 6.07) is 2.23. The third kappa shape index (κ3) is 2.13. The van der Waals surface area contributed by atoms with Crippen LogP contribution in [0.3, 0.4) is 0 Å². The minimum absolute atomic E-state index is 0.233. The number of amides is 1. The molecule has 0 fully saturated rings. The number of aromatic amines is 1. The summed E-state index contributed by atoms with van der Waals surface area (Å²) in [5.41, 5.74) is 2.23. The van der Waals surface area contributed by atoms with Crippen LogP contribution in [0.25, 0.3) is 0 Å². The van der Waals surface area contributed by atoms with Gasteiger partial charge in [-0.3, -0.25) is 9.89 Å². The molecule has 0 saturated heterocycles. The third-order valence-corrected chi connectivity index (χ3v) is 4.48. The van der Waals surface area contributed by atoms with E-state index in [0.29, 0.717) is 16.1 Å². The number of hydrogen-bond acceptors (Lipinski definition) is 4. The van der Waals surface area contributed by atoms with Crippen molar-refractivity contribution < 1.29 is 4.79 Å². The fraction of sp³-hybridized carbons (Fsp3) is 0.308. The molecule has 2 N–H and O–H groups in total. The molecular formula is C13H12N4OS. The number of rotatable bonds is 2. The summed E-state index contributed by atoms with van der Waals surface area (Å²) in [5, 5.41) is 19.1. The van der Waals surface area contributed by atoms with Crippen LogP contribution in [-0.4, -0.2) is 16.1 Å². The molecule has 0 aliphatic heterocycles. The first-order chi connectivity index (χ1) is 9.29. The molecule has 0 unspecified atom stereocenters. The number of hydrogen-bond donors (Lipinski definition) is 2. The van der Waals surface area contributed by atoms with Gasteiger partial charge in [0.2, 0.25) is 0 Å². The monoisotopic (exact) mass is 272 g/mol. The van der Waals surface area contributed by atoms with E-state index < -0.39 is 0 Å². The van der Waals surface area contributed by atoms with E-state index in [1.165, 1.54) is 28.6 Å². The minimum Gasteiger partial charge on any atom is -0.312 e. The van der Waals surface area contributed by atoms with Crippen LogP contribution >= 0.6 is 11.3 Å². The van der Waals surface area contributed by atoms with Gasteiger partial charge in [0.1, 0.15) is 11.1 Å². The zero-order valence-electron chi connectivity index (χ0n) is 10.2. The first kappa shape index (κ1) is 11.9. The second-order valence-corrected chi connectivity index (χ2v) is 5.57. The maximum absolute atomic E-state index is 12.0. The van der Waals surface area contributed by atoms with Crippen molar-refractivity contribution in [3.8, 4) is 6.07 Å². The highest BCUT2D eigenvalue weighted by atomic mass is 32.1. The summed E-state index contributed by atoms with van der Waals surface area (Å²) < 4.78 is 0. The van der Waals surface area contributed by atoms with Crippen LogP contribution in [0.15, 0.2) is 12.4 Å². The topological polar surface area (TPSA) is 81.6 Å². The molecule has 1 amide bonds. The highest BCUT2D eigenvalue weighted by molar-refractivity contribution is 7.16. The van der Waals surface area contributed by atoms with E-state index in [4.69, 9.17) is 0 Å². The summed E-state index contributed by atoms with van der Waals surface area (Å²) in [4.78, 5) is 13.2. The fourth-order valence-electron chi connectivity index (χ4n) is 2.32. The number of H-pyrrole nitrogens is 1. The van der Waals surface area contributed by atoms with Crippen molar-refractivity contribution in [1.82, 2.24) is 10.2 Å². The molecule has 3 rings (SSSR count). The Hall–Kier alpha value is -2.13. The van der Waals surface area contributed by atoms with Gasteiger partial charge in [-0.05, 0) is 31.2 Å². The van der Waals surface area contributed by atoms with Crippen molar-refractivity contribution in [3.05, 3.63) is 34.0 Å². The van der Waals surface area contributed by atoms with Crippen molar-refractivity contribution in [2.75, 3.05) is 5.32 Å². The van der Waals surface area contributed by atoms with E-state index in [1.54, 1.807) is 0 Å². The summed E-state index contributed by atoms with van der Waals surface area (Å²) in [7, 11) is 0. The molecule has 0 radical (unpaired) electrons. The second-order valence-electron chi connectivity index (χ2n) is 4.47. The maximum atomic E-state index is 12.0. The average molecular weight is 272 g/mol. The smallest absolute Gasteiger partial charge is 0.259 e. The number of nitrogens with one attached hydrogen (secondary N) is 2. The second kappa shape index (κ2) is 4.86. The summed E-state index contributed by atoms with van der Waals surface area (Å²) in [5.74, 6) is -0.233. The molecule has 5 nitrogen and oxygen atoms in total. The average Bonchev–Trinajstić information content (AvgIpc) is 3.05. The summed E-state index contributed by atoms with van der Waals surface area (Å²) in [6.45, 7) is 0. The van der Waals surface area contributed by atoms with Crippen LogP contribution in [0.1, 0.15) is 39.2 Å². The van der Waals surface area contributed by atoms with E-state index in [1.807, 2.05) is 0 Å². The number of nitriles is 1. The summed E-state index contributed by atoms with van der Waals surface area (Å²) in [6.07, 6.45) is 7.23. The maximum Gasteiger partial charge on any atom is 0.259 e. The number of fused-ring (bicyclic) bond motifs is 1. The van der Waals surface area contributed by atoms with Crippen LogP contribution in [0, 0.1) is 11.3 Å². The van der Waals surface area contributed by atoms with Gasteiger partial charge in [-0.15, -0.1) is 11.3 Å². The molecule has 1 aliphatic carbocycles. The molecule has 1 aliphatic rings. The van der Waals surface area contributed by atoms with Crippen molar-refractivity contribution in [1.29, 1.82) is 5.26 Å². The Labute approximate surface area is 114 Å². The predicted octanol–water partition coefficient (Wildman–Crippen LogP) is 2.47. The van der Waals surface area contributed by atoms with Crippen molar-refractivity contribution in [2.45, 2.75) is 25.7 Å². The van der Waals surface area contributed by atoms with Crippen LogP contribution < -0.4 is 5.32 Å². The molecule has 2 aromatic rings. The Kier molecular flexibility index (Phi) is 3.05. The van der Waals surface area contributed by atoms with Gasteiger partial charge in [-0.25, -0.2) is 0 Å². The van der Waals surface area contributed by atoms with Crippen molar-refractivity contribution >= 4 is 22.2 Å². The first-order valence-corrected chi connectivity index (χ1v) is 6.96. The molecule has 2 heterocycles. The number of aryl methyl sites for hydroxylation is 1. The van der Waals surface area contributed by atoms with Gasteiger partial charge in [-0.1, -0.05) is 0 Å². The zero-order valence-corrected chi connectivity index (χ0v) is 11.0. The number of anilines is 1. The van der Waals surface area contributed by atoms with Crippen LogP contribution in [0.5, 0.6) is 0 Å². The number of thiophene rings is 1. The third-order valence-electron chi connectivity index (χ3n) is 3.27. The van der Waals surface area contributed by atoms with Crippen LogP contribution in [0.2, 0.25) is 0 Å². The fourth-order valence-corrected chi connectivity index (χ4v) is 3.56. The molecule has 0 bridgehead atoms. The Bertz CT molecular complexity index is 651. The molecule has 19 heavy (non-hydrogen) atoms. The summed E-state index contributed by atoms with van der Waals surface area (Å²) >= 11 is 1.53. The first-order valence-electron chi connectivity index (χ1n) is 6.14. The van der Waals surface area contributed by atoms with Crippen molar-refractivity contribution in [2.24, 2.45) is 0 Å². The molecule has 0 spiro atoms. The minimum atomic E-state index is -0.233. The van der Waals surface area contributed by atoms with Gasteiger partial charge >= 0.3 is 0 Å². The number of nitrogens with zero attached hydrogens (tertiary/aromatic N) is 2. The Morgan fingerprint density at radius 1 is 1.47 bits per heavy atom. The molecule has 0 atom stereocenters. The predicted molar refractivity (Wildman–Crippen MR) is 72.2 cm³/mol. The number of aromatic nitrogens is 2. The van der Waals surface area contributed by atoms with E-state index in [2.05, 4.69) is 21.6 Å². The van der Waals surface area contributed by atoms with Gasteiger partial charge in [0.25, 0.3) is 5.91 Å². The Morgan fingerprint density at radius 2 is 2.32 bits per heavy atom. The molecule has 0 saturated carbocycles. The highest BCUT2D eigenvalue weighted by Crippen LogP contribution is 2.37. The molecule has 96 valence electrons. The Balaban J connectivity index is 1.91. The van der Waals surface area contributed by atoms with Gasteiger partial charge in [0.05, 0.1) is 17.3 Å². The normalized spacial score (nSPS) is 13.6. The quantitative estimate of drug-likeness (QED) is 0.881. The largest absolute Gasteiger partial charge is 0.312 e. The SMILES string of the molecule is N#Cc1c(NC(=O)c2cn[nH]c2)sc2c1CCCC2. The van der Waals surface area contributed by atoms with Crippen molar-refractivity contribution in [3.63, 3.8) is 0 Å². The standard InChI is InChI=1S/C13H12N4OS/c14-5-10-9-3-1-2-4-11(9)19-13(10)17-12(18)8-6-15-16-7-8/h6-7H,1-4H2,(H,15,16)(H,17,18). The van der Waals surface area contributed by atoms with E-state index in [9.17, 15) is 10.1 Å². The number of carbonyl (C=O) groups is 1. The zero-order chi connectivity index (χ0) is 13.2. The van der Waals surface area contributed by atoms with Gasteiger partial charge in [0.15, 0.2) is 0 Å². The van der Waals surface area contributed by atoms with E-state index >= 15 is 0 Å². The molecule has 6 heteroatoms. The van der Waals surface area contributed by atoms with Crippen LogP contribution in [0.4, 0.5) is 5.00 Å². The lowest BCUT2D eigenvalue weighted by molar-refractivity contribution is 0.102.